The van der Waals surface area contributed by atoms with Crippen LogP contribution in [0.15, 0.2) is 0 Å². The van der Waals surface area contributed by atoms with E-state index in [4.69, 9.17) is 22.6 Å². The first-order valence-electron chi connectivity index (χ1n) is 5.93. The molecule has 0 unspecified atom stereocenters. The fraction of sp³-hybridized carbons (Fsp3) is 1.00. The minimum absolute atomic E-state index is 0.150. The van der Waals surface area contributed by atoms with Gasteiger partial charge in [0.1, 0.15) is 0 Å². The van der Waals surface area contributed by atoms with Crippen molar-refractivity contribution in [1.29, 1.82) is 0 Å². The van der Waals surface area contributed by atoms with Crippen molar-refractivity contribution < 1.29 is 22.6 Å². The SMILES string of the molecule is CC1(C)COPOC1.COP1OCC(C)(C)CO1. The van der Waals surface area contributed by atoms with Crippen molar-refractivity contribution in [1.82, 2.24) is 0 Å². The van der Waals surface area contributed by atoms with Crippen molar-refractivity contribution in [3.8, 4) is 0 Å². The third kappa shape index (κ3) is 6.72. The minimum Gasteiger partial charge on any atom is -0.336 e. The molecule has 0 aromatic carbocycles. The number of hydrogen-bond acceptors (Lipinski definition) is 5. The van der Waals surface area contributed by atoms with Gasteiger partial charge in [-0.1, -0.05) is 27.7 Å². The molecule has 0 atom stereocenters. The minimum atomic E-state index is -1.03. The maximum absolute atomic E-state index is 5.26. The monoisotopic (exact) mass is 298 g/mol. The van der Waals surface area contributed by atoms with Gasteiger partial charge in [-0.3, -0.25) is 0 Å². The zero-order valence-corrected chi connectivity index (χ0v) is 13.7. The average molecular weight is 298 g/mol. The summed E-state index contributed by atoms with van der Waals surface area (Å²) in [6.45, 7) is 11.6. The molecule has 2 aliphatic heterocycles. The summed E-state index contributed by atoms with van der Waals surface area (Å²) in [4.78, 5) is 0. The Morgan fingerprint density at radius 3 is 1.67 bits per heavy atom. The standard InChI is InChI=1S/C6H13O3P.C5H11O2P/c1-6(2)4-8-10(7-3)9-5-6;1-5(2)3-6-8-7-4-5/h4-5H2,1-3H3;8H,3-4H2,1-2H3. The lowest BCUT2D eigenvalue weighted by atomic mass is 9.97. The third-order valence-corrected chi connectivity index (χ3v) is 3.82. The van der Waals surface area contributed by atoms with Gasteiger partial charge in [-0.2, -0.15) is 0 Å². The van der Waals surface area contributed by atoms with E-state index in [1.165, 1.54) is 0 Å². The van der Waals surface area contributed by atoms with E-state index in [1.54, 1.807) is 7.11 Å². The molecule has 0 saturated carbocycles. The molecule has 2 saturated heterocycles. The quantitative estimate of drug-likeness (QED) is 0.693. The fourth-order valence-corrected chi connectivity index (χ4v) is 3.35. The second-order valence-electron chi connectivity index (χ2n) is 5.94. The van der Waals surface area contributed by atoms with Gasteiger partial charge in [-0.05, 0) is 0 Å². The molecule has 2 fully saturated rings. The summed E-state index contributed by atoms with van der Waals surface area (Å²) < 4.78 is 25.6. The summed E-state index contributed by atoms with van der Waals surface area (Å²) in [6.07, 6.45) is 0. The zero-order valence-electron chi connectivity index (χ0n) is 11.8. The Hall–Kier alpha value is 0.660. The van der Waals surface area contributed by atoms with Crippen molar-refractivity contribution in [2.24, 2.45) is 10.8 Å². The summed E-state index contributed by atoms with van der Waals surface area (Å²) in [5, 5.41) is 0. The van der Waals surface area contributed by atoms with Gasteiger partial charge in [-0.15, -0.1) is 0 Å². The van der Waals surface area contributed by atoms with E-state index in [1.807, 2.05) is 0 Å². The fourth-order valence-electron chi connectivity index (χ4n) is 1.17. The van der Waals surface area contributed by atoms with Gasteiger partial charge in [0, 0.05) is 17.9 Å². The van der Waals surface area contributed by atoms with Crippen LogP contribution in [0.1, 0.15) is 27.7 Å². The van der Waals surface area contributed by atoms with Crippen LogP contribution in [0.3, 0.4) is 0 Å². The Labute approximate surface area is 113 Å². The van der Waals surface area contributed by atoms with Crippen LogP contribution in [0.5, 0.6) is 0 Å². The smallest absolute Gasteiger partial charge is 0.332 e. The van der Waals surface area contributed by atoms with Gasteiger partial charge >= 0.3 is 8.60 Å². The van der Waals surface area contributed by atoms with Crippen molar-refractivity contribution in [2.45, 2.75) is 27.7 Å². The lowest BCUT2D eigenvalue weighted by Gasteiger charge is -2.31. The summed E-state index contributed by atoms with van der Waals surface area (Å²) in [5.74, 6) is 0. The summed E-state index contributed by atoms with van der Waals surface area (Å²) >= 11 is 0. The Morgan fingerprint density at radius 1 is 0.889 bits per heavy atom. The molecular weight excluding hydrogens is 274 g/mol. The molecule has 0 bridgehead atoms. The van der Waals surface area contributed by atoms with Gasteiger partial charge < -0.3 is 22.6 Å². The number of rotatable bonds is 1. The van der Waals surface area contributed by atoms with Crippen LogP contribution in [0.4, 0.5) is 0 Å². The highest BCUT2D eigenvalue weighted by molar-refractivity contribution is 7.41. The molecule has 0 amide bonds. The molecule has 108 valence electrons. The molecule has 0 spiro atoms. The van der Waals surface area contributed by atoms with Crippen LogP contribution < -0.4 is 0 Å². The Morgan fingerprint density at radius 2 is 1.33 bits per heavy atom. The average Bonchev–Trinajstić information content (AvgIpc) is 2.29. The van der Waals surface area contributed by atoms with Crippen LogP contribution in [-0.2, 0) is 22.6 Å². The lowest BCUT2D eigenvalue weighted by molar-refractivity contribution is 0.0338. The largest absolute Gasteiger partial charge is 0.336 e. The molecule has 0 aromatic heterocycles. The molecule has 0 N–H and O–H groups in total. The van der Waals surface area contributed by atoms with E-state index in [-0.39, 0.29) is 19.9 Å². The molecule has 5 nitrogen and oxygen atoms in total. The Bertz CT molecular complexity index is 230. The van der Waals surface area contributed by atoms with Crippen LogP contribution in [0.25, 0.3) is 0 Å². The second-order valence-corrected chi connectivity index (χ2v) is 8.01. The predicted octanol–water partition coefficient (Wildman–Crippen LogP) is 3.50. The lowest BCUT2D eigenvalue weighted by Crippen LogP contribution is -2.28. The van der Waals surface area contributed by atoms with E-state index in [0.29, 0.717) is 0 Å². The zero-order chi connectivity index (χ0) is 13.6. The van der Waals surface area contributed by atoms with Gasteiger partial charge in [0.2, 0.25) is 0 Å². The van der Waals surface area contributed by atoms with Gasteiger partial charge in [0.05, 0.1) is 26.4 Å². The topological polar surface area (TPSA) is 46.2 Å². The van der Waals surface area contributed by atoms with Crippen molar-refractivity contribution in [3.05, 3.63) is 0 Å². The first kappa shape index (κ1) is 16.7. The van der Waals surface area contributed by atoms with E-state index >= 15 is 0 Å². The molecule has 7 heteroatoms. The van der Waals surface area contributed by atoms with E-state index in [2.05, 4.69) is 27.7 Å². The highest BCUT2D eigenvalue weighted by Crippen LogP contribution is 2.45. The van der Waals surface area contributed by atoms with Crippen molar-refractivity contribution >= 4 is 17.6 Å². The summed E-state index contributed by atoms with van der Waals surface area (Å²) in [6, 6.07) is 0. The Kier molecular flexibility index (Phi) is 6.91. The molecule has 0 radical (unpaired) electrons. The maximum Gasteiger partial charge on any atom is 0.332 e. The molecule has 0 aliphatic carbocycles. The molecular formula is C11H24O5P2. The van der Waals surface area contributed by atoms with E-state index < -0.39 is 8.60 Å². The van der Waals surface area contributed by atoms with Crippen molar-refractivity contribution in [2.75, 3.05) is 33.5 Å². The molecule has 2 rings (SSSR count). The third-order valence-electron chi connectivity index (χ3n) is 2.31. The normalized spacial score (nSPS) is 27.2. The van der Waals surface area contributed by atoms with Crippen LogP contribution in [0.2, 0.25) is 0 Å². The van der Waals surface area contributed by atoms with Gasteiger partial charge in [0.25, 0.3) is 0 Å². The van der Waals surface area contributed by atoms with Crippen LogP contribution in [-0.4, -0.2) is 33.5 Å². The second kappa shape index (κ2) is 7.44. The van der Waals surface area contributed by atoms with Crippen LogP contribution in [0, 0.1) is 10.8 Å². The van der Waals surface area contributed by atoms with Gasteiger partial charge in [0.15, 0.2) is 9.03 Å². The van der Waals surface area contributed by atoms with Gasteiger partial charge in [-0.25, -0.2) is 0 Å². The first-order valence-corrected chi connectivity index (χ1v) is 7.85. The van der Waals surface area contributed by atoms with E-state index in [0.717, 1.165) is 26.4 Å². The van der Waals surface area contributed by atoms with Crippen LogP contribution >= 0.6 is 17.6 Å². The maximum atomic E-state index is 5.26. The first-order chi connectivity index (χ1) is 8.35. The highest BCUT2D eigenvalue weighted by atomic mass is 31.2. The molecule has 18 heavy (non-hydrogen) atoms. The molecule has 0 aromatic rings. The Balaban J connectivity index is 0.000000184. The molecule has 2 aliphatic rings. The van der Waals surface area contributed by atoms with E-state index in [9.17, 15) is 0 Å². The number of hydrogen-bond donors (Lipinski definition) is 0. The summed E-state index contributed by atoms with van der Waals surface area (Å²) in [7, 11) is 0.842. The highest BCUT2D eigenvalue weighted by Gasteiger charge is 2.29. The van der Waals surface area contributed by atoms with Crippen molar-refractivity contribution in [3.63, 3.8) is 0 Å². The molecule has 2 heterocycles. The predicted molar refractivity (Wildman–Crippen MR) is 73.6 cm³/mol. The summed E-state index contributed by atoms with van der Waals surface area (Å²) in [5.41, 5.74) is 0.391.